The van der Waals surface area contributed by atoms with Gasteiger partial charge in [-0.05, 0) is 30.6 Å². The zero-order valence-electron chi connectivity index (χ0n) is 10.4. The average molecular weight is 270 g/mol. The number of nitrogens with one attached hydrogen (secondary N) is 1. The topological polar surface area (TPSA) is 33.6 Å². The van der Waals surface area contributed by atoms with Gasteiger partial charge in [-0.2, -0.15) is 0 Å². The Morgan fingerprint density at radius 2 is 2.12 bits per heavy atom. The van der Waals surface area contributed by atoms with Gasteiger partial charge in [0, 0.05) is 12.2 Å². The van der Waals surface area contributed by atoms with Crippen LogP contribution in [0.2, 0.25) is 5.02 Å². The highest BCUT2D eigenvalue weighted by atomic mass is 35.5. The summed E-state index contributed by atoms with van der Waals surface area (Å²) in [5, 5.41) is 0.615. The molecule has 0 aliphatic rings. The summed E-state index contributed by atoms with van der Waals surface area (Å²) in [6.07, 6.45) is 1.65. The van der Waals surface area contributed by atoms with E-state index in [2.05, 4.69) is 42.2 Å². The van der Waals surface area contributed by atoms with E-state index < -0.39 is 0 Å². The summed E-state index contributed by atoms with van der Waals surface area (Å²) < 4.78 is 2.75. The normalized spacial score (nSPS) is 14.2. The second kappa shape index (κ2) is 4.10. The molecule has 0 aromatic carbocycles. The molecule has 0 radical (unpaired) electrons. The van der Waals surface area contributed by atoms with Crippen molar-refractivity contribution in [3.05, 3.63) is 22.1 Å². The lowest BCUT2D eigenvalue weighted by Gasteiger charge is -2.28. The molecule has 1 unspecified atom stereocenters. The van der Waals surface area contributed by atoms with Gasteiger partial charge in [-0.15, -0.1) is 0 Å². The third-order valence-electron chi connectivity index (χ3n) is 3.16. The number of rotatable bonds is 1. The zero-order valence-corrected chi connectivity index (χ0v) is 12.0. The SMILES string of the molecule is CC(n1c(=S)[nH]c2cc(Cl)cnc21)C(C)(C)C. The molecule has 1 atom stereocenters. The molecule has 1 N–H and O–H groups in total. The average Bonchev–Trinajstić information content (AvgIpc) is 2.50. The van der Waals surface area contributed by atoms with Gasteiger partial charge < -0.3 is 4.98 Å². The first-order valence-electron chi connectivity index (χ1n) is 5.56. The van der Waals surface area contributed by atoms with Gasteiger partial charge in [-0.3, -0.25) is 4.57 Å². The van der Waals surface area contributed by atoms with E-state index in [1.165, 1.54) is 0 Å². The van der Waals surface area contributed by atoms with Crippen molar-refractivity contribution in [2.75, 3.05) is 0 Å². The van der Waals surface area contributed by atoms with Gasteiger partial charge in [0.05, 0.1) is 10.5 Å². The Morgan fingerprint density at radius 3 is 2.71 bits per heavy atom. The molecule has 2 aromatic heterocycles. The highest BCUT2D eigenvalue weighted by Crippen LogP contribution is 2.32. The largest absolute Gasteiger partial charge is 0.329 e. The molecule has 0 bridgehead atoms. The third-order valence-corrected chi connectivity index (χ3v) is 3.67. The monoisotopic (exact) mass is 269 g/mol. The Balaban J connectivity index is 2.70. The number of fused-ring (bicyclic) bond motifs is 1. The molecule has 0 saturated carbocycles. The van der Waals surface area contributed by atoms with Gasteiger partial charge in [-0.1, -0.05) is 32.4 Å². The van der Waals surface area contributed by atoms with Crippen LogP contribution in [0.15, 0.2) is 12.3 Å². The molecule has 0 aliphatic heterocycles. The van der Waals surface area contributed by atoms with Crippen LogP contribution in [-0.2, 0) is 0 Å². The summed E-state index contributed by atoms with van der Waals surface area (Å²) in [4.78, 5) is 7.52. The highest BCUT2D eigenvalue weighted by Gasteiger charge is 2.24. The molecule has 92 valence electrons. The minimum atomic E-state index is 0.120. The molecular weight excluding hydrogens is 254 g/mol. The number of pyridine rings is 1. The molecule has 0 aliphatic carbocycles. The van der Waals surface area contributed by atoms with Crippen molar-refractivity contribution >= 4 is 35.0 Å². The quantitative estimate of drug-likeness (QED) is 0.781. The van der Waals surface area contributed by atoms with Crippen molar-refractivity contribution in [3.63, 3.8) is 0 Å². The van der Waals surface area contributed by atoms with E-state index >= 15 is 0 Å². The smallest absolute Gasteiger partial charge is 0.179 e. The van der Waals surface area contributed by atoms with E-state index in [1.807, 2.05) is 6.07 Å². The molecular formula is C12H16ClN3S. The van der Waals surface area contributed by atoms with Crippen molar-refractivity contribution in [2.45, 2.75) is 33.7 Å². The Labute approximate surface area is 111 Å². The zero-order chi connectivity index (χ0) is 12.8. The third kappa shape index (κ3) is 2.24. The molecule has 0 spiro atoms. The predicted molar refractivity (Wildman–Crippen MR) is 74.1 cm³/mol. The molecule has 0 amide bonds. The maximum atomic E-state index is 5.92. The summed E-state index contributed by atoms with van der Waals surface area (Å²) in [5.41, 5.74) is 1.87. The maximum Gasteiger partial charge on any atom is 0.179 e. The Bertz CT molecular complexity index is 606. The maximum absolute atomic E-state index is 5.92. The van der Waals surface area contributed by atoms with Gasteiger partial charge >= 0.3 is 0 Å². The number of H-pyrrole nitrogens is 1. The Kier molecular flexibility index (Phi) is 3.04. The minimum Gasteiger partial charge on any atom is -0.329 e. The van der Waals surface area contributed by atoms with Gasteiger partial charge in [0.25, 0.3) is 0 Å². The molecule has 2 heterocycles. The molecule has 0 fully saturated rings. The van der Waals surface area contributed by atoms with Crippen molar-refractivity contribution in [2.24, 2.45) is 5.41 Å². The van der Waals surface area contributed by atoms with E-state index in [4.69, 9.17) is 23.8 Å². The second-order valence-corrected chi connectivity index (χ2v) is 6.19. The summed E-state index contributed by atoms with van der Waals surface area (Å²) in [6.45, 7) is 8.72. The van der Waals surface area contributed by atoms with Crippen LogP contribution in [0.3, 0.4) is 0 Å². The predicted octanol–water partition coefficient (Wildman–Crippen LogP) is 4.35. The van der Waals surface area contributed by atoms with E-state index in [0.717, 1.165) is 11.2 Å². The van der Waals surface area contributed by atoms with Crippen LogP contribution < -0.4 is 0 Å². The van der Waals surface area contributed by atoms with E-state index in [0.29, 0.717) is 9.79 Å². The van der Waals surface area contributed by atoms with E-state index in [-0.39, 0.29) is 11.5 Å². The van der Waals surface area contributed by atoms with Crippen LogP contribution >= 0.6 is 23.8 Å². The highest BCUT2D eigenvalue weighted by molar-refractivity contribution is 7.71. The molecule has 3 nitrogen and oxygen atoms in total. The second-order valence-electron chi connectivity index (χ2n) is 5.37. The fourth-order valence-corrected chi connectivity index (χ4v) is 2.25. The van der Waals surface area contributed by atoms with Crippen LogP contribution in [0.5, 0.6) is 0 Å². The number of hydrogen-bond donors (Lipinski definition) is 1. The van der Waals surface area contributed by atoms with Gasteiger partial charge in [0.15, 0.2) is 10.4 Å². The number of imidazole rings is 1. The molecule has 0 saturated heterocycles. The Morgan fingerprint density at radius 1 is 1.47 bits per heavy atom. The molecule has 5 heteroatoms. The van der Waals surface area contributed by atoms with Crippen LogP contribution in [-0.4, -0.2) is 14.5 Å². The lowest BCUT2D eigenvalue weighted by Crippen LogP contribution is -2.21. The van der Waals surface area contributed by atoms with Gasteiger partial charge in [-0.25, -0.2) is 4.98 Å². The number of aromatic amines is 1. The summed E-state index contributed by atoms with van der Waals surface area (Å²) >= 11 is 11.3. The summed E-state index contributed by atoms with van der Waals surface area (Å²) in [6, 6.07) is 2.11. The van der Waals surface area contributed by atoms with Crippen molar-refractivity contribution in [1.29, 1.82) is 0 Å². The van der Waals surface area contributed by atoms with Crippen LogP contribution in [0, 0.1) is 10.2 Å². The van der Waals surface area contributed by atoms with Crippen LogP contribution in [0.25, 0.3) is 11.2 Å². The van der Waals surface area contributed by atoms with E-state index in [1.54, 1.807) is 6.20 Å². The van der Waals surface area contributed by atoms with Crippen LogP contribution in [0.4, 0.5) is 0 Å². The van der Waals surface area contributed by atoms with Crippen molar-refractivity contribution in [1.82, 2.24) is 14.5 Å². The Hall–Kier alpha value is -0.870. The van der Waals surface area contributed by atoms with Gasteiger partial charge in [0.2, 0.25) is 0 Å². The fourth-order valence-electron chi connectivity index (χ4n) is 1.73. The summed E-state index contributed by atoms with van der Waals surface area (Å²) in [7, 11) is 0. The number of hydrogen-bond acceptors (Lipinski definition) is 2. The van der Waals surface area contributed by atoms with Gasteiger partial charge in [0.1, 0.15) is 0 Å². The molecule has 2 rings (SSSR count). The molecule has 2 aromatic rings. The summed E-state index contributed by atoms with van der Waals surface area (Å²) in [5.74, 6) is 0. The number of nitrogens with zero attached hydrogens (tertiary/aromatic N) is 2. The molecule has 17 heavy (non-hydrogen) atoms. The lowest BCUT2D eigenvalue weighted by molar-refractivity contribution is 0.265. The van der Waals surface area contributed by atoms with E-state index in [9.17, 15) is 0 Å². The first kappa shape index (κ1) is 12.6. The lowest BCUT2D eigenvalue weighted by atomic mass is 9.88. The first-order valence-corrected chi connectivity index (χ1v) is 6.35. The minimum absolute atomic E-state index is 0.120. The van der Waals surface area contributed by atoms with Crippen molar-refractivity contribution < 1.29 is 0 Å². The standard InChI is InChI=1S/C12H16ClN3S/c1-7(12(2,3)4)16-10-9(15-11(16)17)5-8(13)6-14-10/h5-7H,1-4H3,(H,15,17). The first-order chi connectivity index (χ1) is 7.80. The number of aromatic nitrogens is 3. The number of halogens is 1. The van der Waals surface area contributed by atoms with Crippen molar-refractivity contribution in [3.8, 4) is 0 Å². The van der Waals surface area contributed by atoms with Crippen LogP contribution in [0.1, 0.15) is 33.7 Å². The fraction of sp³-hybridized carbons (Fsp3) is 0.500.